The fourth-order valence-corrected chi connectivity index (χ4v) is 6.10. The van der Waals surface area contributed by atoms with Crippen molar-refractivity contribution in [3.63, 3.8) is 0 Å². The van der Waals surface area contributed by atoms with Gasteiger partial charge in [0, 0.05) is 83.2 Å². The minimum absolute atomic E-state index is 0.0286. The van der Waals surface area contributed by atoms with E-state index in [4.69, 9.17) is 0 Å². The number of hydrogen-bond donors (Lipinski definition) is 7. The maximum absolute atomic E-state index is 13.1. The van der Waals surface area contributed by atoms with E-state index in [2.05, 4.69) is 16.0 Å². The Hall–Kier alpha value is -5.77. The number of aliphatic carboxylic acids is 4. The standard InChI is InChI=1S/C36H50N8O13/c45-28(39-27(36(56)57)6-1-2-9-44-30(47)7-8-31(44)48)20-38-35(55)26-5-3-4-25(18-26)19-37-29(46)21-40-10-12-41(22-32(49)50)14-16-43(24-34(53)54)17-15-42(13-11-40)23-33(51)52/h3-5,7-8,18,27H,1-2,6,9-17,19-24H2,(H,37,46)(H,38,55)(H,39,45)(H,49,50)(H,51,52)(H,53,54)(H,56,57)/t27-/m0/s1. The van der Waals surface area contributed by atoms with Gasteiger partial charge in [-0.05, 0) is 37.0 Å². The second-order valence-corrected chi connectivity index (χ2v) is 13.6. The Labute approximate surface area is 328 Å². The van der Waals surface area contributed by atoms with Gasteiger partial charge in [-0.3, -0.25) is 62.9 Å². The number of nitrogens with one attached hydrogen (secondary N) is 3. The van der Waals surface area contributed by atoms with Crippen LogP contribution in [0.3, 0.4) is 0 Å². The lowest BCUT2D eigenvalue weighted by Gasteiger charge is -2.32. The van der Waals surface area contributed by atoms with Crippen molar-refractivity contribution in [1.29, 1.82) is 0 Å². The third kappa shape index (κ3) is 17.3. The number of carbonyl (C=O) groups is 9. The van der Waals surface area contributed by atoms with Gasteiger partial charge >= 0.3 is 23.9 Å². The van der Waals surface area contributed by atoms with Crippen molar-refractivity contribution >= 4 is 53.4 Å². The molecule has 1 atom stereocenters. The van der Waals surface area contributed by atoms with Gasteiger partial charge in [0.15, 0.2) is 0 Å². The lowest BCUT2D eigenvalue weighted by Crippen LogP contribution is -2.49. The third-order valence-corrected chi connectivity index (χ3v) is 9.12. The molecule has 1 aromatic rings. The zero-order chi connectivity index (χ0) is 41.9. The minimum atomic E-state index is -1.28. The number of rotatable bonds is 20. The van der Waals surface area contributed by atoms with Crippen molar-refractivity contribution in [3.8, 4) is 0 Å². The summed E-state index contributed by atoms with van der Waals surface area (Å²) in [5.74, 6) is -7.11. The normalized spacial score (nSPS) is 16.9. The first-order valence-corrected chi connectivity index (χ1v) is 18.3. The first kappa shape index (κ1) is 45.6. The van der Waals surface area contributed by atoms with Crippen molar-refractivity contribution in [2.45, 2.75) is 31.8 Å². The molecule has 1 fully saturated rings. The molecule has 0 saturated carbocycles. The Morgan fingerprint density at radius 3 is 1.60 bits per heavy atom. The highest BCUT2D eigenvalue weighted by molar-refractivity contribution is 6.12. The fourth-order valence-electron chi connectivity index (χ4n) is 6.10. The van der Waals surface area contributed by atoms with Crippen LogP contribution in [-0.2, 0) is 44.9 Å². The van der Waals surface area contributed by atoms with E-state index in [1.807, 2.05) is 0 Å². The van der Waals surface area contributed by atoms with Gasteiger partial charge < -0.3 is 36.4 Å². The van der Waals surface area contributed by atoms with E-state index in [0.29, 0.717) is 18.4 Å². The van der Waals surface area contributed by atoms with Crippen LogP contribution in [0.1, 0.15) is 35.2 Å². The number of unbranched alkanes of at least 4 members (excludes halogenated alkanes) is 1. The van der Waals surface area contributed by atoms with E-state index in [0.717, 1.165) is 17.1 Å². The Morgan fingerprint density at radius 1 is 0.632 bits per heavy atom. The van der Waals surface area contributed by atoms with Crippen molar-refractivity contribution < 1.29 is 63.6 Å². The molecule has 3 rings (SSSR count). The van der Waals surface area contributed by atoms with Gasteiger partial charge in [0.25, 0.3) is 17.7 Å². The summed E-state index contributed by atoms with van der Waals surface area (Å²) in [5, 5.41) is 45.3. The van der Waals surface area contributed by atoms with Crippen LogP contribution in [0.2, 0.25) is 0 Å². The van der Waals surface area contributed by atoms with Crippen molar-refractivity contribution in [2.75, 3.05) is 91.6 Å². The molecule has 57 heavy (non-hydrogen) atoms. The van der Waals surface area contributed by atoms with Gasteiger partial charge in [0.2, 0.25) is 11.8 Å². The summed E-state index contributed by atoms with van der Waals surface area (Å²) in [6.07, 6.45) is 2.98. The quantitative estimate of drug-likeness (QED) is 0.0517. The second kappa shape index (κ2) is 23.3. The number of benzene rings is 1. The first-order chi connectivity index (χ1) is 27.1. The second-order valence-electron chi connectivity index (χ2n) is 13.6. The van der Waals surface area contributed by atoms with Gasteiger partial charge in [0.05, 0.1) is 32.7 Å². The van der Waals surface area contributed by atoms with Crippen LogP contribution in [0.15, 0.2) is 36.4 Å². The largest absolute Gasteiger partial charge is 0.480 e. The zero-order valence-electron chi connectivity index (χ0n) is 31.5. The van der Waals surface area contributed by atoms with Crippen LogP contribution < -0.4 is 16.0 Å². The molecule has 7 N–H and O–H groups in total. The summed E-state index contributed by atoms with van der Waals surface area (Å²) in [5.41, 5.74) is 0.728. The lowest BCUT2D eigenvalue weighted by atomic mass is 10.1. The molecule has 21 heteroatoms. The molecule has 0 aromatic heterocycles. The van der Waals surface area contributed by atoms with Gasteiger partial charge in [-0.25, -0.2) is 4.79 Å². The van der Waals surface area contributed by atoms with Crippen molar-refractivity contribution in [1.82, 2.24) is 40.4 Å². The summed E-state index contributed by atoms with van der Waals surface area (Å²) in [6.45, 7) is 0.623. The van der Waals surface area contributed by atoms with Crippen LogP contribution in [0, 0.1) is 0 Å². The maximum atomic E-state index is 13.1. The highest BCUT2D eigenvalue weighted by Crippen LogP contribution is 2.09. The first-order valence-electron chi connectivity index (χ1n) is 18.3. The molecule has 2 aliphatic rings. The summed E-state index contributed by atoms with van der Waals surface area (Å²) in [6, 6.07) is 5.00. The van der Waals surface area contributed by atoms with E-state index in [1.54, 1.807) is 31.7 Å². The number of nitrogens with zero attached hydrogens (tertiary/aromatic N) is 5. The van der Waals surface area contributed by atoms with Crippen molar-refractivity contribution in [3.05, 3.63) is 47.5 Å². The molecule has 5 amide bonds. The molecule has 312 valence electrons. The molecule has 0 radical (unpaired) electrons. The fraction of sp³-hybridized carbons (Fsp3) is 0.528. The molecule has 0 spiro atoms. The number of carboxylic acid groups (broad SMARTS) is 4. The lowest BCUT2D eigenvalue weighted by molar-refractivity contribution is -0.142. The Morgan fingerprint density at radius 2 is 1.12 bits per heavy atom. The number of carbonyl (C=O) groups excluding carboxylic acids is 5. The third-order valence-electron chi connectivity index (χ3n) is 9.12. The number of hydrogen-bond acceptors (Lipinski definition) is 13. The molecule has 1 saturated heterocycles. The van der Waals surface area contributed by atoms with Gasteiger partial charge in [-0.2, -0.15) is 0 Å². The highest BCUT2D eigenvalue weighted by atomic mass is 16.4. The van der Waals surface area contributed by atoms with Crippen LogP contribution in [0.5, 0.6) is 0 Å². The average Bonchev–Trinajstić information content (AvgIpc) is 3.47. The average molecular weight is 803 g/mol. The summed E-state index contributed by atoms with van der Waals surface area (Å²) in [4.78, 5) is 116. The van der Waals surface area contributed by atoms with Crippen LogP contribution in [-0.4, -0.2) is 196 Å². The summed E-state index contributed by atoms with van der Waals surface area (Å²) in [7, 11) is 0. The van der Waals surface area contributed by atoms with Gasteiger partial charge in [-0.15, -0.1) is 0 Å². The molecule has 0 unspecified atom stereocenters. The van der Waals surface area contributed by atoms with E-state index in [9.17, 15) is 63.6 Å². The van der Waals surface area contributed by atoms with Gasteiger partial charge in [0.1, 0.15) is 6.04 Å². The minimum Gasteiger partial charge on any atom is -0.480 e. The molecule has 0 bridgehead atoms. The van der Waals surface area contributed by atoms with Gasteiger partial charge in [-0.1, -0.05) is 12.1 Å². The molecule has 21 nitrogen and oxygen atoms in total. The molecule has 2 heterocycles. The number of carboxylic acids is 4. The van der Waals surface area contributed by atoms with Crippen LogP contribution >= 0.6 is 0 Å². The number of amides is 5. The summed E-state index contributed by atoms with van der Waals surface area (Å²) >= 11 is 0. The smallest absolute Gasteiger partial charge is 0.326 e. The highest BCUT2D eigenvalue weighted by Gasteiger charge is 2.25. The van der Waals surface area contributed by atoms with Crippen LogP contribution in [0.4, 0.5) is 0 Å². The topological polar surface area (TPSA) is 287 Å². The Bertz CT molecular complexity index is 1620. The monoisotopic (exact) mass is 802 g/mol. The Kier molecular flexibility index (Phi) is 18.7. The molecule has 2 aliphatic heterocycles. The maximum Gasteiger partial charge on any atom is 0.326 e. The molecular weight excluding hydrogens is 752 g/mol. The predicted octanol–water partition coefficient (Wildman–Crippen LogP) is -2.83. The van der Waals surface area contributed by atoms with E-state index < -0.39 is 60.1 Å². The molecule has 0 aliphatic carbocycles. The summed E-state index contributed by atoms with van der Waals surface area (Å²) < 4.78 is 0. The van der Waals surface area contributed by atoms with E-state index >= 15 is 0 Å². The van der Waals surface area contributed by atoms with E-state index in [-0.39, 0.29) is 110 Å². The zero-order valence-corrected chi connectivity index (χ0v) is 31.5. The van der Waals surface area contributed by atoms with E-state index in [1.165, 1.54) is 12.1 Å². The Balaban J connectivity index is 1.51. The molecule has 1 aromatic carbocycles. The number of imide groups is 1. The predicted molar refractivity (Wildman–Crippen MR) is 199 cm³/mol. The molecular formula is C36H50N8O13. The van der Waals surface area contributed by atoms with Crippen LogP contribution in [0.25, 0.3) is 0 Å². The SMILES string of the molecule is O=C(O)CN1CCN(CC(=O)O)CCN(CC(=O)NCc2cccc(C(=O)NCC(=O)N[C@@H](CCCCN3C(=O)C=CC3=O)C(=O)O)c2)CCN(CC(=O)O)CC1. The van der Waals surface area contributed by atoms with Crippen molar-refractivity contribution in [2.24, 2.45) is 0 Å².